The zero-order valence-electron chi connectivity index (χ0n) is 8.48. The van der Waals surface area contributed by atoms with Crippen molar-refractivity contribution in [3.63, 3.8) is 0 Å². The lowest BCUT2D eigenvalue weighted by Crippen LogP contribution is -2.31. The molecular weight excluding hydrogens is 306 g/mol. The number of hydrogen-bond acceptors (Lipinski definition) is 2. The molecule has 1 aromatic rings. The molecular formula is C10H6BrF4NO. The number of alkyl halides is 3. The maximum absolute atomic E-state index is 13.5. The van der Waals surface area contributed by atoms with Crippen LogP contribution in [-0.2, 0) is 0 Å². The van der Waals surface area contributed by atoms with Gasteiger partial charge in [0.1, 0.15) is 6.07 Å². The quantitative estimate of drug-likeness (QED) is 0.779. The van der Waals surface area contributed by atoms with Gasteiger partial charge in [0.25, 0.3) is 0 Å². The zero-order chi connectivity index (χ0) is 13.2. The van der Waals surface area contributed by atoms with Gasteiger partial charge in [0.05, 0.1) is 10.0 Å². The molecule has 7 heteroatoms. The van der Waals surface area contributed by atoms with Crippen molar-refractivity contribution < 1.29 is 22.3 Å². The summed E-state index contributed by atoms with van der Waals surface area (Å²) < 4.78 is 54.3. The van der Waals surface area contributed by atoms with E-state index in [0.29, 0.717) is 0 Å². The van der Waals surface area contributed by atoms with Gasteiger partial charge in [0.2, 0.25) is 0 Å². The van der Waals surface area contributed by atoms with Crippen molar-refractivity contribution in [3.05, 3.63) is 28.0 Å². The van der Waals surface area contributed by atoms with E-state index in [4.69, 9.17) is 5.26 Å². The van der Waals surface area contributed by atoms with Gasteiger partial charge in [-0.1, -0.05) is 0 Å². The molecule has 0 fully saturated rings. The minimum atomic E-state index is -4.58. The lowest BCUT2D eigenvalue weighted by molar-refractivity contribution is -0.189. The summed E-state index contributed by atoms with van der Waals surface area (Å²) in [6.45, 7) is 0.769. The van der Waals surface area contributed by atoms with Gasteiger partial charge in [0.15, 0.2) is 17.7 Å². The largest absolute Gasteiger partial charge is 0.478 e. The molecule has 0 N–H and O–H groups in total. The standard InChI is InChI=1S/C10H6BrF4NO/c1-5(10(13,14)15)17-7-3-2-6(4-16)8(11)9(7)12/h2-3,5H,1H3. The Labute approximate surface area is 103 Å². The van der Waals surface area contributed by atoms with Crippen molar-refractivity contribution in [1.29, 1.82) is 5.26 Å². The molecule has 0 aliphatic carbocycles. The molecule has 1 rings (SSSR count). The Bertz CT molecular complexity index is 467. The molecule has 0 saturated heterocycles. The van der Waals surface area contributed by atoms with Crippen LogP contribution >= 0.6 is 15.9 Å². The SMILES string of the molecule is CC(Oc1ccc(C#N)c(Br)c1F)C(F)(F)F. The second kappa shape index (κ2) is 4.92. The minimum absolute atomic E-state index is 0.0190. The van der Waals surface area contributed by atoms with Gasteiger partial charge in [-0.25, -0.2) is 4.39 Å². The average Bonchev–Trinajstić information content (AvgIpc) is 2.23. The number of benzene rings is 1. The summed E-state index contributed by atoms with van der Waals surface area (Å²) >= 11 is 2.77. The van der Waals surface area contributed by atoms with E-state index in [1.807, 2.05) is 0 Å². The maximum Gasteiger partial charge on any atom is 0.425 e. The molecule has 92 valence electrons. The molecule has 0 amide bonds. The summed E-state index contributed by atoms with van der Waals surface area (Å²) in [4.78, 5) is 0. The highest BCUT2D eigenvalue weighted by Gasteiger charge is 2.38. The van der Waals surface area contributed by atoms with E-state index >= 15 is 0 Å². The van der Waals surface area contributed by atoms with E-state index in [1.54, 1.807) is 6.07 Å². The van der Waals surface area contributed by atoms with E-state index in [0.717, 1.165) is 13.0 Å². The lowest BCUT2D eigenvalue weighted by Gasteiger charge is -2.18. The Morgan fingerprint density at radius 2 is 2.00 bits per heavy atom. The number of nitriles is 1. The van der Waals surface area contributed by atoms with Crippen LogP contribution < -0.4 is 4.74 Å². The molecule has 1 atom stereocenters. The van der Waals surface area contributed by atoms with Crippen LogP contribution in [0.25, 0.3) is 0 Å². The van der Waals surface area contributed by atoms with E-state index in [2.05, 4.69) is 20.7 Å². The Morgan fingerprint density at radius 3 is 2.47 bits per heavy atom. The van der Waals surface area contributed by atoms with Crippen LogP contribution in [-0.4, -0.2) is 12.3 Å². The molecule has 0 aromatic heterocycles. The fourth-order valence-corrected chi connectivity index (χ4v) is 1.38. The summed E-state index contributed by atoms with van der Waals surface area (Å²) in [6, 6.07) is 3.84. The third-order valence-corrected chi connectivity index (χ3v) is 2.71. The predicted octanol–water partition coefficient (Wildman–Crippen LogP) is 3.79. The summed E-state index contributed by atoms with van der Waals surface area (Å²) in [6.07, 6.45) is -6.70. The first-order valence-electron chi connectivity index (χ1n) is 4.39. The third kappa shape index (κ3) is 3.09. The van der Waals surface area contributed by atoms with E-state index in [1.165, 1.54) is 6.07 Å². The van der Waals surface area contributed by atoms with Crippen molar-refractivity contribution in [1.82, 2.24) is 0 Å². The Balaban J connectivity index is 3.03. The van der Waals surface area contributed by atoms with Crippen LogP contribution in [0.15, 0.2) is 16.6 Å². The number of halogens is 5. The summed E-state index contributed by atoms with van der Waals surface area (Å²) in [7, 11) is 0. The topological polar surface area (TPSA) is 33.0 Å². The zero-order valence-corrected chi connectivity index (χ0v) is 10.1. The average molecular weight is 312 g/mol. The Hall–Kier alpha value is -1.29. The number of rotatable bonds is 2. The molecule has 2 nitrogen and oxygen atoms in total. The molecule has 0 spiro atoms. The number of ether oxygens (including phenoxy) is 1. The van der Waals surface area contributed by atoms with Gasteiger partial charge in [-0.15, -0.1) is 0 Å². The van der Waals surface area contributed by atoms with Crippen LogP contribution in [0.4, 0.5) is 17.6 Å². The normalized spacial score (nSPS) is 13.0. The van der Waals surface area contributed by atoms with Crippen LogP contribution in [0.2, 0.25) is 0 Å². The van der Waals surface area contributed by atoms with E-state index in [-0.39, 0.29) is 10.0 Å². The van der Waals surface area contributed by atoms with Gasteiger partial charge < -0.3 is 4.74 Å². The lowest BCUT2D eigenvalue weighted by atomic mass is 10.2. The summed E-state index contributed by atoms with van der Waals surface area (Å²) in [5.41, 5.74) is -0.0190. The van der Waals surface area contributed by atoms with Crippen LogP contribution in [0.5, 0.6) is 5.75 Å². The van der Waals surface area contributed by atoms with Crippen molar-refractivity contribution in [2.75, 3.05) is 0 Å². The molecule has 1 unspecified atom stereocenters. The number of nitrogens with zero attached hydrogens (tertiary/aromatic N) is 1. The fourth-order valence-electron chi connectivity index (χ4n) is 0.966. The first-order chi connectivity index (χ1) is 7.77. The van der Waals surface area contributed by atoms with Gasteiger partial charge in [0, 0.05) is 0 Å². The highest BCUT2D eigenvalue weighted by Crippen LogP contribution is 2.31. The fraction of sp³-hybridized carbons (Fsp3) is 0.300. The van der Waals surface area contributed by atoms with Crippen LogP contribution in [0, 0.1) is 17.1 Å². The van der Waals surface area contributed by atoms with Crippen molar-refractivity contribution in [2.45, 2.75) is 19.2 Å². The molecule has 0 saturated carbocycles. The molecule has 0 bridgehead atoms. The smallest absolute Gasteiger partial charge is 0.425 e. The van der Waals surface area contributed by atoms with Gasteiger partial charge in [-0.2, -0.15) is 18.4 Å². The molecule has 0 aliphatic rings. The van der Waals surface area contributed by atoms with Crippen molar-refractivity contribution in [3.8, 4) is 11.8 Å². The Kier molecular flexibility index (Phi) is 3.98. The molecule has 0 aliphatic heterocycles. The molecule has 1 aromatic carbocycles. The monoisotopic (exact) mass is 311 g/mol. The maximum atomic E-state index is 13.5. The third-order valence-electron chi connectivity index (χ3n) is 1.93. The van der Waals surface area contributed by atoms with Crippen LogP contribution in [0.1, 0.15) is 12.5 Å². The first kappa shape index (κ1) is 13.8. The highest BCUT2D eigenvalue weighted by molar-refractivity contribution is 9.10. The minimum Gasteiger partial charge on any atom is -0.478 e. The predicted molar refractivity (Wildman–Crippen MR) is 55.0 cm³/mol. The van der Waals surface area contributed by atoms with Gasteiger partial charge in [-0.3, -0.25) is 0 Å². The second-order valence-corrected chi connectivity index (χ2v) is 3.95. The summed E-state index contributed by atoms with van der Waals surface area (Å²) in [5.74, 6) is -1.58. The van der Waals surface area contributed by atoms with Crippen molar-refractivity contribution in [2.24, 2.45) is 0 Å². The molecule has 17 heavy (non-hydrogen) atoms. The number of hydrogen-bond donors (Lipinski definition) is 0. The second-order valence-electron chi connectivity index (χ2n) is 3.15. The molecule has 0 radical (unpaired) electrons. The van der Waals surface area contributed by atoms with Crippen molar-refractivity contribution >= 4 is 15.9 Å². The van der Waals surface area contributed by atoms with E-state index < -0.39 is 23.8 Å². The molecule has 0 heterocycles. The van der Waals surface area contributed by atoms with Gasteiger partial charge >= 0.3 is 6.18 Å². The van der Waals surface area contributed by atoms with Crippen LogP contribution in [0.3, 0.4) is 0 Å². The first-order valence-corrected chi connectivity index (χ1v) is 5.18. The van der Waals surface area contributed by atoms with E-state index in [9.17, 15) is 17.6 Å². The van der Waals surface area contributed by atoms with Gasteiger partial charge in [-0.05, 0) is 35.0 Å². The summed E-state index contributed by atoms with van der Waals surface area (Å²) in [5, 5.41) is 8.58. The Morgan fingerprint density at radius 1 is 1.41 bits per heavy atom. The highest BCUT2D eigenvalue weighted by atomic mass is 79.9.